The predicted octanol–water partition coefficient (Wildman–Crippen LogP) is 1.70. The molecule has 0 fully saturated rings. The van der Waals surface area contributed by atoms with Crippen molar-refractivity contribution in [1.29, 1.82) is 0 Å². The molecule has 0 saturated heterocycles. The number of esters is 1. The molecular weight excluding hydrogens is 156 g/mol. The molecule has 0 bridgehead atoms. The summed E-state index contributed by atoms with van der Waals surface area (Å²) in [6, 6.07) is 0. The zero-order valence-electron chi connectivity index (χ0n) is 7.71. The van der Waals surface area contributed by atoms with Gasteiger partial charge in [-0.25, -0.2) is 0 Å². The van der Waals surface area contributed by atoms with Crippen molar-refractivity contribution in [3.8, 4) is 0 Å². The SMILES string of the molecule is CCCC(CC=O)OC(=O)CC. The standard InChI is InChI=1S/C9H16O3/c1-3-5-8(6-7-10)12-9(11)4-2/h7-8H,3-6H2,1-2H3. The van der Waals surface area contributed by atoms with Crippen LogP contribution in [-0.4, -0.2) is 18.4 Å². The smallest absolute Gasteiger partial charge is 0.305 e. The Morgan fingerprint density at radius 3 is 2.58 bits per heavy atom. The topological polar surface area (TPSA) is 43.4 Å². The number of hydrogen-bond acceptors (Lipinski definition) is 3. The number of hydrogen-bond donors (Lipinski definition) is 0. The number of carbonyl (C=O) groups excluding carboxylic acids is 2. The lowest BCUT2D eigenvalue weighted by Crippen LogP contribution is -2.17. The molecule has 1 unspecified atom stereocenters. The number of rotatable bonds is 6. The average molecular weight is 172 g/mol. The quantitative estimate of drug-likeness (QED) is 0.452. The molecule has 0 radical (unpaired) electrons. The summed E-state index contributed by atoms with van der Waals surface area (Å²) < 4.78 is 5.01. The van der Waals surface area contributed by atoms with Gasteiger partial charge in [-0.3, -0.25) is 4.79 Å². The van der Waals surface area contributed by atoms with Gasteiger partial charge >= 0.3 is 5.97 Å². The number of aldehydes is 1. The third-order valence-corrected chi connectivity index (χ3v) is 1.56. The molecule has 12 heavy (non-hydrogen) atoms. The van der Waals surface area contributed by atoms with Gasteiger partial charge in [-0.05, 0) is 6.42 Å². The Hall–Kier alpha value is -0.860. The van der Waals surface area contributed by atoms with Crippen molar-refractivity contribution in [3.63, 3.8) is 0 Å². The first-order chi connectivity index (χ1) is 5.74. The molecule has 0 rings (SSSR count). The van der Waals surface area contributed by atoms with E-state index in [2.05, 4.69) is 0 Å². The number of carbonyl (C=O) groups is 2. The lowest BCUT2D eigenvalue weighted by molar-refractivity contribution is -0.149. The summed E-state index contributed by atoms with van der Waals surface area (Å²) in [4.78, 5) is 21.0. The first-order valence-electron chi connectivity index (χ1n) is 4.37. The minimum absolute atomic E-state index is 0.208. The molecule has 0 aromatic heterocycles. The van der Waals surface area contributed by atoms with E-state index >= 15 is 0 Å². The van der Waals surface area contributed by atoms with Crippen LogP contribution >= 0.6 is 0 Å². The molecule has 0 aromatic rings. The molecule has 3 heteroatoms. The minimum Gasteiger partial charge on any atom is -0.462 e. The summed E-state index contributed by atoms with van der Waals surface area (Å²) in [5.74, 6) is -0.227. The summed E-state index contributed by atoms with van der Waals surface area (Å²) in [6.45, 7) is 3.74. The van der Waals surface area contributed by atoms with Crippen molar-refractivity contribution in [3.05, 3.63) is 0 Å². The zero-order valence-corrected chi connectivity index (χ0v) is 7.71. The first kappa shape index (κ1) is 11.1. The van der Waals surface area contributed by atoms with Gasteiger partial charge in [0.15, 0.2) is 0 Å². The third kappa shape index (κ3) is 4.88. The highest BCUT2D eigenvalue weighted by Crippen LogP contribution is 2.06. The summed E-state index contributed by atoms with van der Waals surface area (Å²) in [6.07, 6.45) is 2.97. The van der Waals surface area contributed by atoms with Crippen LogP contribution in [0.25, 0.3) is 0 Å². The Morgan fingerprint density at radius 1 is 1.50 bits per heavy atom. The summed E-state index contributed by atoms with van der Waals surface area (Å²) in [5.41, 5.74) is 0. The van der Waals surface area contributed by atoms with Gasteiger partial charge in [0.1, 0.15) is 12.4 Å². The van der Waals surface area contributed by atoms with Crippen LogP contribution in [0.4, 0.5) is 0 Å². The second kappa shape index (κ2) is 6.83. The van der Waals surface area contributed by atoms with Crippen molar-refractivity contribution in [2.75, 3.05) is 0 Å². The zero-order chi connectivity index (χ0) is 9.40. The lowest BCUT2D eigenvalue weighted by Gasteiger charge is -2.13. The maximum Gasteiger partial charge on any atom is 0.305 e. The Morgan fingerprint density at radius 2 is 2.17 bits per heavy atom. The van der Waals surface area contributed by atoms with Gasteiger partial charge in [-0.1, -0.05) is 20.3 Å². The van der Waals surface area contributed by atoms with Gasteiger partial charge in [-0.2, -0.15) is 0 Å². The summed E-state index contributed by atoms with van der Waals surface area (Å²) >= 11 is 0. The minimum atomic E-state index is -0.227. The normalized spacial score (nSPS) is 12.2. The Kier molecular flexibility index (Phi) is 6.34. The van der Waals surface area contributed by atoms with E-state index in [0.29, 0.717) is 12.8 Å². The van der Waals surface area contributed by atoms with E-state index in [1.54, 1.807) is 6.92 Å². The fourth-order valence-electron chi connectivity index (χ4n) is 0.923. The summed E-state index contributed by atoms with van der Waals surface area (Å²) in [5, 5.41) is 0. The van der Waals surface area contributed by atoms with E-state index in [9.17, 15) is 9.59 Å². The van der Waals surface area contributed by atoms with Crippen LogP contribution in [0.3, 0.4) is 0 Å². The molecule has 0 heterocycles. The van der Waals surface area contributed by atoms with E-state index < -0.39 is 0 Å². The maximum atomic E-state index is 10.8. The van der Waals surface area contributed by atoms with E-state index in [4.69, 9.17) is 4.74 Å². The summed E-state index contributed by atoms with van der Waals surface area (Å²) in [7, 11) is 0. The van der Waals surface area contributed by atoms with Crippen molar-refractivity contribution < 1.29 is 14.3 Å². The monoisotopic (exact) mass is 172 g/mol. The maximum absolute atomic E-state index is 10.8. The molecule has 0 N–H and O–H groups in total. The van der Waals surface area contributed by atoms with Crippen LogP contribution in [-0.2, 0) is 14.3 Å². The van der Waals surface area contributed by atoms with Crippen LogP contribution in [0.1, 0.15) is 39.5 Å². The third-order valence-electron chi connectivity index (χ3n) is 1.56. The van der Waals surface area contributed by atoms with E-state index in [1.165, 1.54) is 0 Å². The van der Waals surface area contributed by atoms with E-state index in [0.717, 1.165) is 19.1 Å². The molecule has 0 amide bonds. The van der Waals surface area contributed by atoms with Crippen LogP contribution < -0.4 is 0 Å². The second-order valence-corrected chi connectivity index (χ2v) is 2.66. The molecule has 70 valence electrons. The molecule has 0 aliphatic rings. The molecule has 1 atom stereocenters. The van der Waals surface area contributed by atoms with Crippen molar-refractivity contribution in [1.82, 2.24) is 0 Å². The molecule has 0 aliphatic heterocycles. The van der Waals surface area contributed by atoms with E-state index in [-0.39, 0.29) is 12.1 Å². The molecule has 3 nitrogen and oxygen atoms in total. The highest BCUT2D eigenvalue weighted by molar-refractivity contribution is 5.69. The van der Waals surface area contributed by atoms with Gasteiger partial charge < -0.3 is 9.53 Å². The van der Waals surface area contributed by atoms with Crippen LogP contribution in [0, 0.1) is 0 Å². The van der Waals surface area contributed by atoms with Gasteiger partial charge in [0.25, 0.3) is 0 Å². The van der Waals surface area contributed by atoms with Gasteiger partial charge in [-0.15, -0.1) is 0 Å². The van der Waals surface area contributed by atoms with Gasteiger partial charge in [0.2, 0.25) is 0 Å². The lowest BCUT2D eigenvalue weighted by atomic mass is 10.1. The predicted molar refractivity (Wildman–Crippen MR) is 45.8 cm³/mol. The van der Waals surface area contributed by atoms with Crippen molar-refractivity contribution >= 4 is 12.3 Å². The molecule has 0 saturated carbocycles. The van der Waals surface area contributed by atoms with Crippen LogP contribution in [0.5, 0.6) is 0 Å². The average Bonchev–Trinajstić information content (AvgIpc) is 2.05. The number of ether oxygens (including phenoxy) is 1. The van der Waals surface area contributed by atoms with Gasteiger partial charge in [0, 0.05) is 12.8 Å². The van der Waals surface area contributed by atoms with Crippen LogP contribution in [0.15, 0.2) is 0 Å². The molecule has 0 aliphatic carbocycles. The first-order valence-corrected chi connectivity index (χ1v) is 4.37. The fourth-order valence-corrected chi connectivity index (χ4v) is 0.923. The Balaban J connectivity index is 3.76. The van der Waals surface area contributed by atoms with Crippen molar-refractivity contribution in [2.24, 2.45) is 0 Å². The van der Waals surface area contributed by atoms with Crippen LogP contribution in [0.2, 0.25) is 0 Å². The highest BCUT2D eigenvalue weighted by Gasteiger charge is 2.10. The molecule has 0 spiro atoms. The highest BCUT2D eigenvalue weighted by atomic mass is 16.5. The van der Waals surface area contributed by atoms with Gasteiger partial charge in [0.05, 0.1) is 0 Å². The Labute approximate surface area is 73.1 Å². The Bertz CT molecular complexity index is 143. The molecule has 0 aromatic carbocycles. The van der Waals surface area contributed by atoms with Crippen molar-refractivity contribution in [2.45, 2.75) is 45.6 Å². The van der Waals surface area contributed by atoms with E-state index in [1.807, 2.05) is 6.92 Å². The largest absolute Gasteiger partial charge is 0.462 e. The second-order valence-electron chi connectivity index (χ2n) is 2.66. The molecular formula is C9H16O3. The fraction of sp³-hybridized carbons (Fsp3) is 0.778.